The Morgan fingerprint density at radius 2 is 1.77 bits per heavy atom. The Kier molecular flexibility index (Phi) is 4.86. The van der Waals surface area contributed by atoms with Crippen molar-refractivity contribution >= 4 is 5.91 Å². The fraction of sp³-hybridized carbons (Fsp3) is 0.316. The zero-order valence-corrected chi connectivity index (χ0v) is 13.9. The van der Waals surface area contributed by atoms with Crippen molar-refractivity contribution in [1.29, 1.82) is 0 Å². The molecule has 2 aromatic carbocycles. The molecule has 0 heterocycles. The second-order valence-corrected chi connectivity index (χ2v) is 5.58. The molecule has 0 aliphatic carbocycles. The van der Waals surface area contributed by atoms with Crippen molar-refractivity contribution in [2.75, 3.05) is 14.2 Å². The lowest BCUT2D eigenvalue weighted by Gasteiger charge is -2.27. The number of methoxy groups -OCH3 is 1. The number of hydrogen-bond acceptors (Lipinski definition) is 2. The van der Waals surface area contributed by atoms with Crippen molar-refractivity contribution in [3.63, 3.8) is 0 Å². The van der Waals surface area contributed by atoms with Crippen LogP contribution in [0.5, 0.6) is 5.75 Å². The van der Waals surface area contributed by atoms with Crippen molar-refractivity contribution in [3.05, 3.63) is 64.7 Å². The van der Waals surface area contributed by atoms with Crippen LogP contribution in [0.25, 0.3) is 0 Å². The number of carbonyl (C=O) groups is 1. The Bertz CT molecular complexity index is 679. The highest BCUT2D eigenvalue weighted by Gasteiger charge is 2.22. The zero-order chi connectivity index (χ0) is 16.3. The Labute approximate surface area is 132 Å². The third-order valence-corrected chi connectivity index (χ3v) is 4.33. The Morgan fingerprint density at radius 1 is 1.09 bits per heavy atom. The lowest BCUT2D eigenvalue weighted by Crippen LogP contribution is -2.30. The number of benzene rings is 2. The molecule has 1 unspecified atom stereocenters. The van der Waals surface area contributed by atoms with Crippen LogP contribution in [0.15, 0.2) is 42.5 Å². The van der Waals surface area contributed by atoms with Crippen LogP contribution in [0.1, 0.15) is 40.0 Å². The average Bonchev–Trinajstić information content (AvgIpc) is 2.55. The quantitative estimate of drug-likeness (QED) is 0.848. The van der Waals surface area contributed by atoms with Gasteiger partial charge in [-0.3, -0.25) is 4.79 Å². The van der Waals surface area contributed by atoms with Gasteiger partial charge in [0, 0.05) is 18.2 Å². The van der Waals surface area contributed by atoms with Gasteiger partial charge in [0.25, 0.3) is 5.91 Å². The van der Waals surface area contributed by atoms with Gasteiger partial charge in [-0.25, -0.2) is 0 Å². The number of rotatable bonds is 4. The van der Waals surface area contributed by atoms with E-state index in [2.05, 4.69) is 0 Å². The highest BCUT2D eigenvalue weighted by Crippen LogP contribution is 2.29. The highest BCUT2D eigenvalue weighted by atomic mass is 16.5. The largest absolute Gasteiger partial charge is 0.496 e. The number of nitrogens with zero attached hydrogens (tertiary/aromatic N) is 1. The molecular weight excluding hydrogens is 274 g/mol. The van der Waals surface area contributed by atoms with Gasteiger partial charge in [-0.05, 0) is 44.0 Å². The van der Waals surface area contributed by atoms with E-state index in [-0.39, 0.29) is 11.9 Å². The van der Waals surface area contributed by atoms with E-state index in [1.165, 1.54) is 0 Å². The van der Waals surface area contributed by atoms with E-state index >= 15 is 0 Å². The Hall–Kier alpha value is -2.29. The summed E-state index contributed by atoms with van der Waals surface area (Å²) in [5, 5.41) is 0. The van der Waals surface area contributed by atoms with Gasteiger partial charge >= 0.3 is 0 Å². The van der Waals surface area contributed by atoms with Gasteiger partial charge in [-0.1, -0.05) is 30.3 Å². The summed E-state index contributed by atoms with van der Waals surface area (Å²) in [6, 6.07) is 13.6. The number of amides is 1. The number of para-hydroxylation sites is 1. The molecule has 2 aromatic rings. The summed E-state index contributed by atoms with van der Waals surface area (Å²) in [7, 11) is 3.49. The monoisotopic (exact) mass is 297 g/mol. The van der Waals surface area contributed by atoms with E-state index in [4.69, 9.17) is 4.74 Å². The fourth-order valence-electron chi connectivity index (χ4n) is 2.57. The van der Waals surface area contributed by atoms with Crippen molar-refractivity contribution in [3.8, 4) is 5.75 Å². The second-order valence-electron chi connectivity index (χ2n) is 5.58. The van der Waals surface area contributed by atoms with E-state index in [0.717, 1.165) is 28.0 Å². The Morgan fingerprint density at radius 3 is 2.45 bits per heavy atom. The first kappa shape index (κ1) is 16.1. The minimum absolute atomic E-state index is 0.0274. The zero-order valence-electron chi connectivity index (χ0n) is 13.9. The SMILES string of the molecule is COc1ccccc1C(C)N(C)C(=O)c1cccc(C)c1C. The van der Waals surface area contributed by atoms with Crippen molar-refractivity contribution in [2.24, 2.45) is 0 Å². The maximum Gasteiger partial charge on any atom is 0.254 e. The molecule has 22 heavy (non-hydrogen) atoms. The first-order valence-corrected chi connectivity index (χ1v) is 7.43. The molecule has 3 heteroatoms. The highest BCUT2D eigenvalue weighted by molar-refractivity contribution is 5.96. The van der Waals surface area contributed by atoms with Crippen LogP contribution in [0.3, 0.4) is 0 Å². The summed E-state index contributed by atoms with van der Waals surface area (Å²) in [5.74, 6) is 0.829. The van der Waals surface area contributed by atoms with Gasteiger partial charge in [0.2, 0.25) is 0 Å². The summed E-state index contributed by atoms with van der Waals surface area (Å²) in [4.78, 5) is 14.6. The molecule has 0 fully saturated rings. The topological polar surface area (TPSA) is 29.5 Å². The number of carbonyl (C=O) groups excluding carboxylic acids is 1. The first-order chi connectivity index (χ1) is 10.5. The van der Waals surface area contributed by atoms with Crippen LogP contribution >= 0.6 is 0 Å². The predicted molar refractivity (Wildman–Crippen MR) is 89.4 cm³/mol. The van der Waals surface area contributed by atoms with Gasteiger partial charge in [0.1, 0.15) is 5.75 Å². The van der Waals surface area contributed by atoms with Crippen LogP contribution in [-0.4, -0.2) is 25.0 Å². The van der Waals surface area contributed by atoms with E-state index in [1.54, 1.807) is 12.0 Å². The smallest absolute Gasteiger partial charge is 0.254 e. The number of ether oxygens (including phenoxy) is 1. The van der Waals surface area contributed by atoms with Gasteiger partial charge in [0.15, 0.2) is 0 Å². The molecule has 0 saturated carbocycles. The molecule has 1 atom stereocenters. The molecule has 2 rings (SSSR count). The lowest BCUT2D eigenvalue weighted by atomic mass is 10.0. The minimum Gasteiger partial charge on any atom is -0.496 e. The van der Waals surface area contributed by atoms with Crippen LogP contribution < -0.4 is 4.74 Å². The lowest BCUT2D eigenvalue weighted by molar-refractivity contribution is 0.0740. The number of aryl methyl sites for hydroxylation is 1. The van der Waals surface area contributed by atoms with Crippen molar-refractivity contribution in [1.82, 2.24) is 4.90 Å². The van der Waals surface area contributed by atoms with Gasteiger partial charge in [-0.15, -0.1) is 0 Å². The van der Waals surface area contributed by atoms with E-state index in [9.17, 15) is 4.79 Å². The molecule has 0 aliphatic heterocycles. The van der Waals surface area contributed by atoms with E-state index in [1.807, 2.05) is 70.3 Å². The first-order valence-electron chi connectivity index (χ1n) is 7.43. The molecule has 116 valence electrons. The molecule has 0 spiro atoms. The predicted octanol–water partition coefficient (Wildman–Crippen LogP) is 4.15. The maximum absolute atomic E-state index is 12.8. The second kappa shape index (κ2) is 6.65. The van der Waals surface area contributed by atoms with E-state index in [0.29, 0.717) is 0 Å². The third-order valence-electron chi connectivity index (χ3n) is 4.33. The molecule has 1 amide bonds. The fourth-order valence-corrected chi connectivity index (χ4v) is 2.57. The van der Waals surface area contributed by atoms with Crippen LogP contribution in [0.2, 0.25) is 0 Å². The van der Waals surface area contributed by atoms with Crippen LogP contribution in [0.4, 0.5) is 0 Å². The average molecular weight is 297 g/mol. The van der Waals surface area contributed by atoms with Crippen molar-refractivity contribution < 1.29 is 9.53 Å². The van der Waals surface area contributed by atoms with Crippen molar-refractivity contribution in [2.45, 2.75) is 26.8 Å². The molecule has 0 radical (unpaired) electrons. The van der Waals surface area contributed by atoms with E-state index < -0.39 is 0 Å². The molecule has 0 aromatic heterocycles. The summed E-state index contributed by atoms with van der Waals surface area (Å²) in [5.41, 5.74) is 3.92. The standard InChI is InChI=1S/C19H23NO2/c1-13-9-8-11-16(14(13)2)19(21)20(4)15(3)17-10-6-7-12-18(17)22-5/h6-12,15H,1-5H3. The molecular formula is C19H23NO2. The number of hydrogen-bond donors (Lipinski definition) is 0. The summed E-state index contributed by atoms with van der Waals surface area (Å²) >= 11 is 0. The van der Waals surface area contributed by atoms with Gasteiger partial charge in [-0.2, -0.15) is 0 Å². The minimum atomic E-state index is -0.0661. The molecule has 3 nitrogen and oxygen atoms in total. The van der Waals surface area contributed by atoms with Gasteiger partial charge < -0.3 is 9.64 Å². The van der Waals surface area contributed by atoms with Crippen LogP contribution in [-0.2, 0) is 0 Å². The molecule has 0 saturated heterocycles. The third kappa shape index (κ3) is 2.98. The van der Waals surface area contributed by atoms with Crippen LogP contribution in [0, 0.1) is 13.8 Å². The summed E-state index contributed by atoms with van der Waals surface area (Å²) < 4.78 is 5.41. The molecule has 0 bridgehead atoms. The Balaban J connectivity index is 2.32. The molecule has 0 aliphatic rings. The normalized spacial score (nSPS) is 11.9. The molecule has 0 N–H and O–H groups in total. The summed E-state index contributed by atoms with van der Waals surface area (Å²) in [6.07, 6.45) is 0. The maximum atomic E-state index is 12.8. The van der Waals surface area contributed by atoms with Gasteiger partial charge in [0.05, 0.1) is 13.2 Å². The summed E-state index contributed by atoms with van der Waals surface area (Å²) in [6.45, 7) is 6.03.